The van der Waals surface area contributed by atoms with Crippen LogP contribution in [0.2, 0.25) is 0 Å². The lowest BCUT2D eigenvalue weighted by atomic mass is 10.00. The minimum atomic E-state index is -0.448. The fraction of sp³-hybridized carbons (Fsp3) is 0.733. The normalized spacial score (nSPS) is 18.2. The molecule has 0 bridgehead atoms. The number of rotatable bonds is 4. The van der Waals surface area contributed by atoms with Crippen molar-refractivity contribution < 1.29 is 4.79 Å². The van der Waals surface area contributed by atoms with Gasteiger partial charge in [0.15, 0.2) is 0 Å². The van der Waals surface area contributed by atoms with E-state index in [1.807, 2.05) is 34.6 Å². The van der Waals surface area contributed by atoms with Gasteiger partial charge in [-0.15, -0.1) is 0 Å². The predicted octanol–water partition coefficient (Wildman–Crippen LogP) is 2.08. The number of amides is 1. The van der Waals surface area contributed by atoms with E-state index in [-0.39, 0.29) is 11.9 Å². The van der Waals surface area contributed by atoms with Crippen LogP contribution in [0.15, 0.2) is 0 Å². The third kappa shape index (κ3) is 2.73. The highest BCUT2D eigenvalue weighted by molar-refractivity contribution is 5.85. The van der Waals surface area contributed by atoms with Crippen molar-refractivity contribution in [3.05, 3.63) is 17.0 Å². The quantitative estimate of drug-likeness (QED) is 0.886. The molecule has 2 heterocycles. The lowest BCUT2D eigenvalue weighted by molar-refractivity contribution is -0.131. The summed E-state index contributed by atoms with van der Waals surface area (Å²) < 4.78 is 0. The topological polar surface area (TPSA) is 61.0 Å². The SMILES string of the molecule is Cc1n[nH]c(C)c1[C@@H](C)NC(=O)C(C)(C)N1CCCC1. The molecule has 5 nitrogen and oxygen atoms in total. The molecule has 1 aliphatic heterocycles. The number of hydrogen-bond donors (Lipinski definition) is 2. The summed E-state index contributed by atoms with van der Waals surface area (Å²) in [4.78, 5) is 14.9. The van der Waals surface area contributed by atoms with Crippen LogP contribution in [0.25, 0.3) is 0 Å². The van der Waals surface area contributed by atoms with Gasteiger partial charge in [0.2, 0.25) is 5.91 Å². The summed E-state index contributed by atoms with van der Waals surface area (Å²) in [6.07, 6.45) is 2.37. The number of aryl methyl sites for hydroxylation is 2. The zero-order valence-electron chi connectivity index (χ0n) is 13.2. The number of aromatic nitrogens is 2. The lowest BCUT2D eigenvalue weighted by Crippen LogP contribution is -2.54. The third-order valence-corrected chi connectivity index (χ3v) is 4.42. The summed E-state index contributed by atoms with van der Waals surface area (Å²) in [5.74, 6) is 0.0897. The van der Waals surface area contributed by atoms with Gasteiger partial charge in [-0.25, -0.2) is 0 Å². The summed E-state index contributed by atoms with van der Waals surface area (Å²) in [6, 6.07) is -0.0249. The molecule has 1 fully saturated rings. The Hall–Kier alpha value is -1.36. The second-order valence-electron chi connectivity index (χ2n) is 6.30. The summed E-state index contributed by atoms with van der Waals surface area (Å²) >= 11 is 0. The van der Waals surface area contributed by atoms with Crippen LogP contribution in [0.3, 0.4) is 0 Å². The van der Waals surface area contributed by atoms with Gasteiger partial charge in [-0.1, -0.05) is 0 Å². The van der Waals surface area contributed by atoms with Crippen LogP contribution in [-0.2, 0) is 4.79 Å². The van der Waals surface area contributed by atoms with Crippen LogP contribution in [0, 0.1) is 13.8 Å². The first-order chi connectivity index (χ1) is 9.34. The van der Waals surface area contributed by atoms with Gasteiger partial charge in [-0.2, -0.15) is 5.10 Å². The Labute approximate surface area is 121 Å². The summed E-state index contributed by atoms with van der Waals surface area (Å²) in [6.45, 7) is 12.0. The second kappa shape index (κ2) is 5.56. The molecule has 0 radical (unpaired) electrons. The zero-order valence-corrected chi connectivity index (χ0v) is 13.2. The average Bonchev–Trinajstić information content (AvgIpc) is 2.99. The highest BCUT2D eigenvalue weighted by atomic mass is 16.2. The molecule has 0 saturated carbocycles. The number of carbonyl (C=O) groups is 1. The first-order valence-corrected chi connectivity index (χ1v) is 7.41. The number of H-pyrrole nitrogens is 1. The van der Waals surface area contributed by atoms with Crippen molar-refractivity contribution in [3.63, 3.8) is 0 Å². The Bertz CT molecular complexity index is 467. The molecule has 2 N–H and O–H groups in total. The standard InChI is InChI=1S/C15H26N4O/c1-10(13-11(2)17-18-12(13)3)16-14(20)15(4,5)19-8-6-7-9-19/h10H,6-9H2,1-5H3,(H,16,20)(H,17,18)/t10-/m1/s1. The molecule has 1 atom stereocenters. The highest BCUT2D eigenvalue weighted by Gasteiger charge is 2.36. The summed E-state index contributed by atoms with van der Waals surface area (Å²) in [7, 11) is 0. The molecule has 2 rings (SSSR count). The van der Waals surface area contributed by atoms with E-state index in [1.54, 1.807) is 0 Å². The van der Waals surface area contributed by atoms with Gasteiger partial charge in [0.25, 0.3) is 0 Å². The van der Waals surface area contributed by atoms with Gasteiger partial charge in [0.05, 0.1) is 17.3 Å². The number of hydrogen-bond acceptors (Lipinski definition) is 3. The highest BCUT2D eigenvalue weighted by Crippen LogP contribution is 2.24. The predicted molar refractivity (Wildman–Crippen MR) is 79.5 cm³/mol. The summed E-state index contributed by atoms with van der Waals surface area (Å²) in [5.41, 5.74) is 2.62. The maximum absolute atomic E-state index is 12.6. The molecule has 0 aromatic carbocycles. The van der Waals surface area contributed by atoms with Crippen molar-refractivity contribution in [1.82, 2.24) is 20.4 Å². The second-order valence-corrected chi connectivity index (χ2v) is 6.30. The van der Waals surface area contributed by atoms with Crippen LogP contribution < -0.4 is 5.32 Å². The van der Waals surface area contributed by atoms with E-state index < -0.39 is 5.54 Å². The molecule has 1 aromatic rings. The number of carbonyl (C=O) groups excluding carboxylic acids is 1. The molecule has 1 amide bonds. The van der Waals surface area contributed by atoms with Crippen LogP contribution >= 0.6 is 0 Å². The Morgan fingerprint density at radius 3 is 2.45 bits per heavy atom. The fourth-order valence-corrected chi connectivity index (χ4v) is 3.06. The third-order valence-electron chi connectivity index (χ3n) is 4.42. The van der Waals surface area contributed by atoms with Crippen molar-refractivity contribution in [3.8, 4) is 0 Å². The molecule has 0 unspecified atom stereocenters. The van der Waals surface area contributed by atoms with Gasteiger partial charge >= 0.3 is 0 Å². The van der Waals surface area contributed by atoms with Crippen molar-refractivity contribution in [1.29, 1.82) is 0 Å². The first-order valence-electron chi connectivity index (χ1n) is 7.41. The monoisotopic (exact) mass is 278 g/mol. The number of nitrogens with one attached hydrogen (secondary N) is 2. The van der Waals surface area contributed by atoms with Gasteiger partial charge in [-0.3, -0.25) is 14.8 Å². The maximum atomic E-state index is 12.6. The van der Waals surface area contributed by atoms with Crippen LogP contribution in [-0.4, -0.2) is 39.6 Å². The Morgan fingerprint density at radius 2 is 1.95 bits per heavy atom. The largest absolute Gasteiger partial charge is 0.348 e. The molecule has 1 saturated heterocycles. The lowest BCUT2D eigenvalue weighted by Gasteiger charge is -2.34. The van der Waals surface area contributed by atoms with E-state index in [0.717, 1.165) is 30.0 Å². The molecule has 5 heteroatoms. The van der Waals surface area contributed by atoms with Gasteiger partial charge in [0, 0.05) is 11.3 Å². The van der Waals surface area contributed by atoms with E-state index in [4.69, 9.17) is 0 Å². The molecular weight excluding hydrogens is 252 g/mol. The minimum Gasteiger partial charge on any atom is -0.348 e. The molecular formula is C15H26N4O. The molecule has 20 heavy (non-hydrogen) atoms. The van der Waals surface area contributed by atoms with Crippen molar-refractivity contribution >= 4 is 5.91 Å². The van der Waals surface area contributed by atoms with E-state index in [0.29, 0.717) is 0 Å². The Kier molecular flexibility index (Phi) is 4.18. The van der Waals surface area contributed by atoms with Crippen LogP contribution in [0.5, 0.6) is 0 Å². The number of likely N-dealkylation sites (tertiary alicyclic amines) is 1. The number of nitrogens with zero attached hydrogens (tertiary/aromatic N) is 2. The number of aromatic amines is 1. The maximum Gasteiger partial charge on any atom is 0.240 e. The van der Waals surface area contributed by atoms with Gasteiger partial charge in [0.1, 0.15) is 0 Å². The first kappa shape index (κ1) is 15.0. The van der Waals surface area contributed by atoms with E-state index in [9.17, 15) is 4.79 Å². The molecule has 0 spiro atoms. The Balaban J connectivity index is 2.07. The van der Waals surface area contributed by atoms with E-state index >= 15 is 0 Å². The molecule has 1 aromatic heterocycles. The molecule has 0 aliphatic carbocycles. The van der Waals surface area contributed by atoms with Gasteiger partial charge < -0.3 is 5.32 Å². The fourth-order valence-electron chi connectivity index (χ4n) is 3.06. The Morgan fingerprint density at radius 1 is 1.35 bits per heavy atom. The summed E-state index contributed by atoms with van der Waals surface area (Å²) in [5, 5.41) is 10.3. The molecule has 1 aliphatic rings. The van der Waals surface area contributed by atoms with E-state index in [2.05, 4.69) is 20.4 Å². The van der Waals surface area contributed by atoms with Crippen molar-refractivity contribution in [2.24, 2.45) is 0 Å². The van der Waals surface area contributed by atoms with Gasteiger partial charge in [-0.05, 0) is 60.5 Å². The van der Waals surface area contributed by atoms with Crippen LogP contribution in [0.4, 0.5) is 0 Å². The zero-order chi connectivity index (χ0) is 14.9. The van der Waals surface area contributed by atoms with Crippen LogP contribution in [0.1, 0.15) is 56.6 Å². The molecule has 112 valence electrons. The van der Waals surface area contributed by atoms with Crippen molar-refractivity contribution in [2.45, 2.75) is 59.0 Å². The van der Waals surface area contributed by atoms with E-state index in [1.165, 1.54) is 12.8 Å². The van der Waals surface area contributed by atoms with Crippen molar-refractivity contribution in [2.75, 3.05) is 13.1 Å². The minimum absolute atomic E-state index is 0.0249. The average molecular weight is 278 g/mol. The smallest absolute Gasteiger partial charge is 0.240 e.